The smallest absolute Gasteiger partial charge is 0.145 e. The Bertz CT molecular complexity index is 590. The highest BCUT2D eigenvalue weighted by atomic mass is 19.1. The highest BCUT2D eigenvalue weighted by Crippen LogP contribution is 2.23. The van der Waals surface area contributed by atoms with Crippen molar-refractivity contribution in [2.75, 3.05) is 10.7 Å². The monoisotopic (exact) mass is 275 g/mol. The van der Waals surface area contributed by atoms with Crippen LogP contribution in [0.1, 0.15) is 26.6 Å². The van der Waals surface area contributed by atoms with E-state index in [1.807, 2.05) is 20.8 Å². The second-order valence-electron chi connectivity index (χ2n) is 5.49. The number of benzene rings is 1. The first kappa shape index (κ1) is 14.2. The predicted molar refractivity (Wildman–Crippen MR) is 78.2 cm³/mol. The van der Waals surface area contributed by atoms with Crippen LogP contribution in [0.4, 0.5) is 21.7 Å². The number of hydrogen-bond donors (Lipinski definition) is 3. The van der Waals surface area contributed by atoms with Crippen LogP contribution in [0.5, 0.6) is 0 Å². The van der Waals surface area contributed by atoms with Crippen molar-refractivity contribution in [3.63, 3.8) is 0 Å². The third-order valence-corrected chi connectivity index (χ3v) is 2.66. The largest absolute Gasteiger partial charge is 0.340 e. The summed E-state index contributed by atoms with van der Waals surface area (Å²) >= 11 is 0. The van der Waals surface area contributed by atoms with Crippen LogP contribution in [-0.2, 0) is 5.41 Å². The summed E-state index contributed by atoms with van der Waals surface area (Å²) in [4.78, 5) is 8.79. The maximum absolute atomic E-state index is 12.9. The molecule has 20 heavy (non-hydrogen) atoms. The molecule has 0 atom stereocenters. The summed E-state index contributed by atoms with van der Waals surface area (Å²) in [5, 5.41) is 3.10. The van der Waals surface area contributed by atoms with Gasteiger partial charge in [-0.1, -0.05) is 20.8 Å². The zero-order chi connectivity index (χ0) is 14.8. The molecular weight excluding hydrogens is 257 g/mol. The van der Waals surface area contributed by atoms with Gasteiger partial charge in [-0.3, -0.25) is 0 Å². The van der Waals surface area contributed by atoms with Gasteiger partial charge >= 0.3 is 0 Å². The highest BCUT2D eigenvalue weighted by Gasteiger charge is 2.19. The first-order valence-corrected chi connectivity index (χ1v) is 6.27. The minimum Gasteiger partial charge on any atom is -0.340 e. The van der Waals surface area contributed by atoms with E-state index in [4.69, 9.17) is 5.84 Å². The molecule has 6 heteroatoms. The third-order valence-electron chi connectivity index (χ3n) is 2.66. The van der Waals surface area contributed by atoms with Crippen LogP contribution in [0.25, 0.3) is 0 Å². The molecule has 0 spiro atoms. The molecule has 0 aliphatic rings. The van der Waals surface area contributed by atoms with Gasteiger partial charge in [0.05, 0.1) is 0 Å². The van der Waals surface area contributed by atoms with Gasteiger partial charge in [0, 0.05) is 17.2 Å². The maximum atomic E-state index is 12.9. The van der Waals surface area contributed by atoms with Crippen molar-refractivity contribution in [3.8, 4) is 0 Å². The quantitative estimate of drug-likeness (QED) is 0.593. The van der Waals surface area contributed by atoms with Gasteiger partial charge in [0.25, 0.3) is 0 Å². The molecule has 4 N–H and O–H groups in total. The van der Waals surface area contributed by atoms with Crippen LogP contribution in [0.2, 0.25) is 0 Å². The van der Waals surface area contributed by atoms with E-state index in [1.165, 1.54) is 12.1 Å². The fourth-order valence-electron chi connectivity index (χ4n) is 1.60. The molecule has 1 aromatic carbocycles. The number of nitrogens with one attached hydrogen (secondary N) is 2. The fraction of sp³-hybridized carbons (Fsp3) is 0.286. The van der Waals surface area contributed by atoms with Crippen molar-refractivity contribution in [1.82, 2.24) is 9.97 Å². The molecule has 1 aromatic heterocycles. The maximum Gasteiger partial charge on any atom is 0.145 e. The van der Waals surface area contributed by atoms with E-state index in [0.717, 1.165) is 5.69 Å². The number of nitrogen functional groups attached to an aromatic ring is 1. The van der Waals surface area contributed by atoms with E-state index >= 15 is 0 Å². The van der Waals surface area contributed by atoms with Crippen LogP contribution >= 0.6 is 0 Å². The van der Waals surface area contributed by atoms with E-state index in [9.17, 15) is 4.39 Å². The number of hydrogen-bond acceptors (Lipinski definition) is 5. The zero-order valence-electron chi connectivity index (χ0n) is 11.7. The van der Waals surface area contributed by atoms with Gasteiger partial charge in [-0.05, 0) is 24.3 Å². The summed E-state index contributed by atoms with van der Waals surface area (Å²) in [5.41, 5.74) is 3.06. The van der Waals surface area contributed by atoms with E-state index in [2.05, 4.69) is 20.7 Å². The molecule has 0 unspecified atom stereocenters. The van der Waals surface area contributed by atoms with Gasteiger partial charge in [0.2, 0.25) is 0 Å². The fourth-order valence-corrected chi connectivity index (χ4v) is 1.60. The van der Waals surface area contributed by atoms with Crippen LogP contribution in [-0.4, -0.2) is 9.97 Å². The molecule has 0 saturated carbocycles. The summed E-state index contributed by atoms with van der Waals surface area (Å²) in [5.74, 6) is 6.94. The molecule has 2 rings (SSSR count). The highest BCUT2D eigenvalue weighted by molar-refractivity contribution is 5.59. The van der Waals surface area contributed by atoms with Crippen molar-refractivity contribution in [2.45, 2.75) is 26.2 Å². The summed E-state index contributed by atoms with van der Waals surface area (Å²) in [6.45, 7) is 6.05. The minimum absolute atomic E-state index is 0.202. The summed E-state index contributed by atoms with van der Waals surface area (Å²) in [7, 11) is 0. The Labute approximate surface area is 117 Å². The molecule has 106 valence electrons. The van der Waals surface area contributed by atoms with Gasteiger partial charge in [-0.25, -0.2) is 20.2 Å². The number of aromatic nitrogens is 2. The zero-order valence-corrected chi connectivity index (χ0v) is 11.7. The van der Waals surface area contributed by atoms with Crippen molar-refractivity contribution >= 4 is 17.3 Å². The molecular formula is C14H18FN5. The van der Waals surface area contributed by atoms with E-state index in [-0.39, 0.29) is 11.2 Å². The molecule has 2 aromatic rings. The van der Waals surface area contributed by atoms with Crippen LogP contribution in [0, 0.1) is 5.82 Å². The molecule has 0 aliphatic heterocycles. The average molecular weight is 275 g/mol. The molecule has 0 saturated heterocycles. The lowest BCUT2D eigenvalue weighted by Crippen LogP contribution is -2.19. The summed E-state index contributed by atoms with van der Waals surface area (Å²) in [6, 6.07) is 7.75. The predicted octanol–water partition coefficient (Wildman–Crippen LogP) is 2.94. The number of nitrogens with two attached hydrogens (primary N) is 1. The van der Waals surface area contributed by atoms with Gasteiger partial charge in [-0.2, -0.15) is 0 Å². The van der Waals surface area contributed by atoms with Crippen LogP contribution < -0.4 is 16.6 Å². The standard InChI is InChI=1S/C14H18FN5/c1-14(2,3)13-18-11(8-12(19-13)20-16)17-10-6-4-9(15)5-7-10/h4-8H,16H2,1-3H3,(H2,17,18,19,20). The first-order valence-electron chi connectivity index (χ1n) is 6.27. The topological polar surface area (TPSA) is 75.9 Å². The van der Waals surface area contributed by atoms with Gasteiger partial charge in [0.15, 0.2) is 0 Å². The second-order valence-corrected chi connectivity index (χ2v) is 5.49. The van der Waals surface area contributed by atoms with E-state index in [0.29, 0.717) is 17.5 Å². The van der Waals surface area contributed by atoms with Gasteiger partial charge < -0.3 is 10.7 Å². The Morgan fingerprint density at radius 1 is 1.05 bits per heavy atom. The Hall–Kier alpha value is -2.21. The Morgan fingerprint density at radius 2 is 1.65 bits per heavy atom. The summed E-state index contributed by atoms with van der Waals surface area (Å²) < 4.78 is 12.9. The van der Waals surface area contributed by atoms with Gasteiger partial charge in [-0.15, -0.1) is 0 Å². The average Bonchev–Trinajstić information content (AvgIpc) is 2.40. The molecule has 0 radical (unpaired) electrons. The van der Waals surface area contributed by atoms with Crippen LogP contribution in [0.15, 0.2) is 30.3 Å². The van der Waals surface area contributed by atoms with Crippen molar-refractivity contribution in [1.29, 1.82) is 0 Å². The summed E-state index contributed by atoms with van der Waals surface area (Å²) in [6.07, 6.45) is 0. The van der Waals surface area contributed by atoms with Crippen molar-refractivity contribution in [2.24, 2.45) is 5.84 Å². The molecule has 5 nitrogen and oxygen atoms in total. The Kier molecular flexibility index (Phi) is 3.85. The molecule has 0 aliphatic carbocycles. The number of nitrogens with zero attached hydrogens (tertiary/aromatic N) is 2. The van der Waals surface area contributed by atoms with E-state index in [1.54, 1.807) is 18.2 Å². The molecule has 0 fully saturated rings. The van der Waals surface area contributed by atoms with Crippen LogP contribution in [0.3, 0.4) is 0 Å². The lowest BCUT2D eigenvalue weighted by atomic mass is 9.96. The second kappa shape index (κ2) is 5.42. The lowest BCUT2D eigenvalue weighted by molar-refractivity contribution is 0.547. The number of hydrazine groups is 1. The normalized spacial score (nSPS) is 11.2. The first-order chi connectivity index (χ1) is 9.38. The third kappa shape index (κ3) is 3.42. The molecule has 0 bridgehead atoms. The number of anilines is 3. The minimum atomic E-state index is -0.280. The lowest BCUT2D eigenvalue weighted by Gasteiger charge is -2.18. The van der Waals surface area contributed by atoms with Crippen molar-refractivity contribution < 1.29 is 4.39 Å². The van der Waals surface area contributed by atoms with Gasteiger partial charge in [0.1, 0.15) is 23.3 Å². The SMILES string of the molecule is CC(C)(C)c1nc(NN)cc(Nc2ccc(F)cc2)n1. The Morgan fingerprint density at radius 3 is 2.20 bits per heavy atom. The number of halogens is 1. The van der Waals surface area contributed by atoms with Crippen molar-refractivity contribution in [3.05, 3.63) is 42.0 Å². The van der Waals surface area contributed by atoms with E-state index < -0.39 is 0 Å². The Balaban J connectivity index is 2.33. The molecule has 0 amide bonds. The number of rotatable bonds is 3. The molecule has 1 heterocycles.